The number of sulfonamides is 1. The summed E-state index contributed by atoms with van der Waals surface area (Å²) in [5.41, 5.74) is 1.61. The van der Waals surface area contributed by atoms with Gasteiger partial charge in [-0.2, -0.15) is 4.31 Å². The lowest BCUT2D eigenvalue weighted by Crippen LogP contribution is -2.41. The second-order valence-corrected chi connectivity index (χ2v) is 8.47. The fraction of sp³-hybridized carbons (Fsp3) is 0.467. The fourth-order valence-electron chi connectivity index (χ4n) is 2.88. The summed E-state index contributed by atoms with van der Waals surface area (Å²) in [5.74, 6) is 1.05. The van der Waals surface area contributed by atoms with Crippen LogP contribution in [-0.4, -0.2) is 55.3 Å². The predicted octanol–water partition coefficient (Wildman–Crippen LogP) is 1.54. The highest BCUT2D eigenvalue weighted by molar-refractivity contribution is 7.89. The van der Waals surface area contributed by atoms with E-state index in [1.165, 1.54) is 21.7 Å². The molecule has 2 aliphatic heterocycles. The number of hydrogen-bond donors (Lipinski definition) is 0. The van der Waals surface area contributed by atoms with E-state index in [1.807, 2.05) is 0 Å². The number of aromatic nitrogens is 2. The van der Waals surface area contributed by atoms with Gasteiger partial charge in [0.05, 0.1) is 4.90 Å². The van der Waals surface area contributed by atoms with Gasteiger partial charge >= 0.3 is 0 Å². The molecule has 0 unspecified atom stereocenters. The molecule has 2 aromatic rings. The second kappa shape index (κ2) is 6.77. The van der Waals surface area contributed by atoms with Crippen LogP contribution in [-0.2, 0) is 10.0 Å². The third-order valence-corrected chi connectivity index (χ3v) is 6.63. The summed E-state index contributed by atoms with van der Waals surface area (Å²) in [5, 5.41) is 8.11. The lowest BCUT2D eigenvalue weighted by atomic mass is 10.1. The molecule has 1 aromatic carbocycles. The van der Waals surface area contributed by atoms with E-state index in [2.05, 4.69) is 10.2 Å². The largest absolute Gasteiger partial charge is 0.486 e. The van der Waals surface area contributed by atoms with E-state index in [0.29, 0.717) is 55.8 Å². The molecule has 10 heteroatoms. The first-order valence-electron chi connectivity index (χ1n) is 7.95. The molecule has 0 bridgehead atoms. The van der Waals surface area contributed by atoms with E-state index in [-0.39, 0.29) is 11.0 Å². The van der Waals surface area contributed by atoms with Crippen molar-refractivity contribution in [1.29, 1.82) is 0 Å². The van der Waals surface area contributed by atoms with E-state index < -0.39 is 10.0 Å². The molecule has 4 rings (SSSR count). The van der Waals surface area contributed by atoms with Gasteiger partial charge in [0, 0.05) is 19.2 Å². The van der Waals surface area contributed by atoms with Gasteiger partial charge in [0.2, 0.25) is 10.0 Å². The topological polar surface area (TPSA) is 90.9 Å². The monoisotopic (exact) mass is 383 g/mol. The van der Waals surface area contributed by atoms with Crippen molar-refractivity contribution in [2.45, 2.75) is 23.8 Å². The van der Waals surface area contributed by atoms with Crippen molar-refractivity contribution < 1.29 is 22.6 Å². The summed E-state index contributed by atoms with van der Waals surface area (Å²) in [6, 6.07) is 4.74. The molecule has 1 fully saturated rings. The number of hydrogen-bond acceptors (Lipinski definition) is 8. The Bertz CT molecular complexity index is 833. The molecule has 0 saturated carbocycles. The predicted molar refractivity (Wildman–Crippen MR) is 89.7 cm³/mol. The van der Waals surface area contributed by atoms with Crippen molar-refractivity contribution >= 4 is 21.4 Å². The maximum absolute atomic E-state index is 12.9. The molecule has 134 valence electrons. The zero-order valence-corrected chi connectivity index (χ0v) is 15.0. The van der Waals surface area contributed by atoms with Crippen LogP contribution in [0.25, 0.3) is 0 Å². The van der Waals surface area contributed by atoms with Crippen LogP contribution >= 0.6 is 11.3 Å². The smallest absolute Gasteiger partial charge is 0.294 e. The Morgan fingerprint density at radius 1 is 1.16 bits per heavy atom. The van der Waals surface area contributed by atoms with Gasteiger partial charge in [0.1, 0.15) is 24.8 Å². The van der Waals surface area contributed by atoms with E-state index in [9.17, 15) is 8.42 Å². The average molecular weight is 383 g/mol. The van der Waals surface area contributed by atoms with Crippen molar-refractivity contribution in [1.82, 2.24) is 14.5 Å². The average Bonchev–Trinajstić information content (AvgIpc) is 3.15. The van der Waals surface area contributed by atoms with E-state index >= 15 is 0 Å². The summed E-state index contributed by atoms with van der Waals surface area (Å²) in [6.07, 6.45) is 1.19. The quantitative estimate of drug-likeness (QED) is 0.791. The van der Waals surface area contributed by atoms with Crippen molar-refractivity contribution in [2.24, 2.45) is 0 Å². The highest BCUT2D eigenvalue weighted by Crippen LogP contribution is 2.33. The summed E-state index contributed by atoms with van der Waals surface area (Å²) in [6.45, 7) is 1.70. The Hall–Kier alpha value is -1.91. The van der Waals surface area contributed by atoms with Gasteiger partial charge in [-0.05, 0) is 25.0 Å². The first kappa shape index (κ1) is 16.6. The molecule has 0 spiro atoms. The van der Waals surface area contributed by atoms with Gasteiger partial charge in [-0.15, -0.1) is 10.2 Å². The molecule has 0 atom stereocenters. The SMILES string of the molecule is O=S(=O)(c1ccc2c(c1)OCCO2)N1CCC(Oc2nncs2)CC1. The molecule has 0 aliphatic carbocycles. The number of piperidine rings is 1. The van der Waals surface area contributed by atoms with Crippen LogP contribution in [0.5, 0.6) is 16.7 Å². The normalized spacial score (nSPS) is 18.9. The Morgan fingerprint density at radius 2 is 1.92 bits per heavy atom. The van der Waals surface area contributed by atoms with Crippen LogP contribution in [0, 0.1) is 0 Å². The second-order valence-electron chi connectivity index (χ2n) is 5.73. The summed E-state index contributed by atoms with van der Waals surface area (Å²) >= 11 is 1.33. The standard InChI is InChI=1S/C15H17N3O5S2/c19-25(20,12-1-2-13-14(9-12)22-8-7-21-13)18-5-3-11(4-6-18)23-15-17-16-10-24-15/h1-2,9-11H,3-8H2. The maximum atomic E-state index is 12.9. The lowest BCUT2D eigenvalue weighted by Gasteiger charge is -2.31. The van der Waals surface area contributed by atoms with Crippen LogP contribution in [0.2, 0.25) is 0 Å². The van der Waals surface area contributed by atoms with E-state index in [1.54, 1.807) is 17.6 Å². The molecular weight excluding hydrogens is 366 g/mol. The highest BCUT2D eigenvalue weighted by atomic mass is 32.2. The van der Waals surface area contributed by atoms with Crippen molar-refractivity contribution in [2.75, 3.05) is 26.3 Å². The van der Waals surface area contributed by atoms with E-state index in [0.717, 1.165) is 0 Å². The summed E-state index contributed by atoms with van der Waals surface area (Å²) < 4.78 is 43.9. The Labute approximate surface area is 149 Å². The minimum Gasteiger partial charge on any atom is -0.486 e. The van der Waals surface area contributed by atoms with Crippen molar-refractivity contribution in [3.8, 4) is 16.7 Å². The van der Waals surface area contributed by atoms with Gasteiger partial charge in [0.25, 0.3) is 5.19 Å². The third-order valence-electron chi connectivity index (χ3n) is 4.16. The lowest BCUT2D eigenvalue weighted by molar-refractivity contribution is 0.133. The van der Waals surface area contributed by atoms with Gasteiger partial charge in [-0.25, -0.2) is 8.42 Å². The molecule has 0 amide bonds. The fourth-order valence-corrected chi connectivity index (χ4v) is 4.84. The number of fused-ring (bicyclic) bond motifs is 1. The van der Waals surface area contributed by atoms with Crippen LogP contribution in [0.3, 0.4) is 0 Å². The summed E-state index contributed by atoms with van der Waals surface area (Å²) in [4.78, 5) is 0.222. The minimum atomic E-state index is -3.56. The molecule has 3 heterocycles. The van der Waals surface area contributed by atoms with Gasteiger partial charge < -0.3 is 14.2 Å². The van der Waals surface area contributed by atoms with Crippen LogP contribution in [0.4, 0.5) is 0 Å². The number of rotatable bonds is 4. The molecular formula is C15H17N3O5S2. The third kappa shape index (κ3) is 3.42. The van der Waals surface area contributed by atoms with Crippen LogP contribution in [0.1, 0.15) is 12.8 Å². The first-order valence-corrected chi connectivity index (χ1v) is 10.3. The minimum absolute atomic E-state index is 0.0420. The Kier molecular flexibility index (Phi) is 4.48. The molecule has 2 aliphatic rings. The summed E-state index contributed by atoms with van der Waals surface area (Å²) in [7, 11) is -3.56. The number of benzene rings is 1. The molecule has 0 N–H and O–H groups in total. The highest BCUT2D eigenvalue weighted by Gasteiger charge is 2.31. The molecule has 1 saturated heterocycles. The van der Waals surface area contributed by atoms with Crippen molar-refractivity contribution in [3.63, 3.8) is 0 Å². The zero-order valence-electron chi connectivity index (χ0n) is 13.3. The van der Waals surface area contributed by atoms with Gasteiger partial charge in [-0.3, -0.25) is 0 Å². The van der Waals surface area contributed by atoms with Gasteiger partial charge in [0.15, 0.2) is 11.5 Å². The maximum Gasteiger partial charge on any atom is 0.294 e. The Balaban J connectivity index is 1.44. The Morgan fingerprint density at radius 3 is 2.64 bits per heavy atom. The number of nitrogens with zero attached hydrogens (tertiary/aromatic N) is 3. The van der Waals surface area contributed by atoms with Gasteiger partial charge in [-0.1, -0.05) is 11.3 Å². The zero-order chi connectivity index (χ0) is 17.3. The van der Waals surface area contributed by atoms with E-state index in [4.69, 9.17) is 14.2 Å². The molecule has 8 nitrogen and oxygen atoms in total. The molecule has 1 aromatic heterocycles. The van der Waals surface area contributed by atoms with Crippen LogP contribution in [0.15, 0.2) is 28.6 Å². The van der Waals surface area contributed by atoms with Crippen LogP contribution < -0.4 is 14.2 Å². The number of ether oxygens (including phenoxy) is 3. The van der Waals surface area contributed by atoms with Crippen molar-refractivity contribution in [3.05, 3.63) is 23.7 Å². The molecule has 25 heavy (non-hydrogen) atoms. The first-order chi connectivity index (χ1) is 12.1. The molecule has 0 radical (unpaired) electrons.